The second-order valence-corrected chi connectivity index (χ2v) is 6.85. The summed E-state index contributed by atoms with van der Waals surface area (Å²) in [6, 6.07) is 13.7. The van der Waals surface area contributed by atoms with E-state index in [0.717, 1.165) is 27.0 Å². The van der Waals surface area contributed by atoms with Gasteiger partial charge in [0.15, 0.2) is 0 Å². The summed E-state index contributed by atoms with van der Waals surface area (Å²) < 4.78 is 1.15. The molecule has 0 bridgehead atoms. The van der Waals surface area contributed by atoms with Gasteiger partial charge in [-0.25, -0.2) is 9.97 Å². The summed E-state index contributed by atoms with van der Waals surface area (Å²) in [6.45, 7) is 2.06. The van der Waals surface area contributed by atoms with Gasteiger partial charge in [0.05, 0.1) is 16.4 Å². The first-order valence-corrected chi connectivity index (χ1v) is 8.74. The van der Waals surface area contributed by atoms with Crippen LogP contribution in [0.4, 0.5) is 5.69 Å². The number of carbonyl (C=O) groups is 1. The molecule has 0 aliphatic carbocycles. The quantitative estimate of drug-likeness (QED) is 0.583. The number of carbonyl (C=O) groups excluding carboxylic acids is 1. The standard InChI is InChI=1S/C19H14N4O2S/c1-11-2-7-14-16(8-11)26-19(23-14)12-3-5-13(6-4-12)22-18(25)15-9-21-17(24)10-20-15/h2-10H,1H3,(H,21,24)(H,22,25). The number of aryl methyl sites for hydroxylation is 1. The zero-order valence-corrected chi connectivity index (χ0v) is 14.6. The number of hydrogen-bond donors (Lipinski definition) is 2. The third kappa shape index (κ3) is 3.25. The van der Waals surface area contributed by atoms with Crippen LogP contribution in [0.1, 0.15) is 16.1 Å². The molecule has 2 aromatic heterocycles. The lowest BCUT2D eigenvalue weighted by Gasteiger charge is -2.05. The number of fused-ring (bicyclic) bond motifs is 1. The van der Waals surface area contributed by atoms with Gasteiger partial charge in [-0.2, -0.15) is 0 Å². The maximum Gasteiger partial charge on any atom is 0.275 e. The Bertz CT molecular complexity index is 1140. The van der Waals surface area contributed by atoms with Crippen LogP contribution in [0.15, 0.2) is 59.7 Å². The molecule has 128 valence electrons. The van der Waals surface area contributed by atoms with Crippen molar-refractivity contribution < 1.29 is 4.79 Å². The Morgan fingerprint density at radius 2 is 1.96 bits per heavy atom. The van der Waals surface area contributed by atoms with Gasteiger partial charge in [-0.15, -0.1) is 11.3 Å². The molecule has 1 amide bonds. The average Bonchev–Trinajstić information content (AvgIpc) is 3.06. The van der Waals surface area contributed by atoms with Crippen LogP contribution in [-0.4, -0.2) is 20.9 Å². The maximum atomic E-state index is 12.1. The highest BCUT2D eigenvalue weighted by Gasteiger charge is 2.09. The molecule has 6 nitrogen and oxygen atoms in total. The minimum absolute atomic E-state index is 0.148. The predicted molar refractivity (Wildman–Crippen MR) is 103 cm³/mol. The zero-order valence-electron chi connectivity index (χ0n) is 13.8. The van der Waals surface area contributed by atoms with E-state index in [0.29, 0.717) is 5.69 Å². The van der Waals surface area contributed by atoms with Gasteiger partial charge in [-0.3, -0.25) is 9.59 Å². The Morgan fingerprint density at radius 3 is 2.69 bits per heavy atom. The van der Waals surface area contributed by atoms with E-state index in [1.54, 1.807) is 11.3 Å². The van der Waals surface area contributed by atoms with Gasteiger partial charge in [0, 0.05) is 17.4 Å². The van der Waals surface area contributed by atoms with Crippen molar-refractivity contribution in [2.45, 2.75) is 6.92 Å². The third-order valence-electron chi connectivity index (χ3n) is 3.84. The van der Waals surface area contributed by atoms with Crippen LogP contribution in [0.5, 0.6) is 0 Å². The number of rotatable bonds is 3. The average molecular weight is 362 g/mol. The minimum atomic E-state index is -0.385. The van der Waals surface area contributed by atoms with Crippen molar-refractivity contribution in [2.75, 3.05) is 5.32 Å². The fraction of sp³-hybridized carbons (Fsp3) is 0.0526. The van der Waals surface area contributed by atoms with Crippen molar-refractivity contribution in [1.82, 2.24) is 15.0 Å². The monoisotopic (exact) mass is 362 g/mol. The Hall–Kier alpha value is -3.32. The first-order valence-electron chi connectivity index (χ1n) is 7.92. The number of amides is 1. The number of nitrogens with zero attached hydrogens (tertiary/aromatic N) is 2. The van der Waals surface area contributed by atoms with E-state index in [9.17, 15) is 9.59 Å². The molecule has 0 spiro atoms. The molecule has 26 heavy (non-hydrogen) atoms. The second kappa shape index (κ2) is 6.53. The fourth-order valence-electron chi connectivity index (χ4n) is 2.51. The number of thiazole rings is 1. The first-order chi connectivity index (χ1) is 12.6. The minimum Gasteiger partial charge on any atom is -0.325 e. The molecule has 7 heteroatoms. The topological polar surface area (TPSA) is 87.7 Å². The molecule has 2 N–H and O–H groups in total. The van der Waals surface area contributed by atoms with Gasteiger partial charge in [-0.1, -0.05) is 6.07 Å². The van der Waals surface area contributed by atoms with Crippen LogP contribution in [-0.2, 0) is 0 Å². The van der Waals surface area contributed by atoms with E-state index in [1.165, 1.54) is 11.8 Å². The molecule has 0 fully saturated rings. The van der Waals surface area contributed by atoms with Crippen LogP contribution in [0.2, 0.25) is 0 Å². The molecule has 2 heterocycles. The predicted octanol–water partition coefficient (Wildman–Crippen LogP) is 3.61. The molecule has 0 unspecified atom stereocenters. The fourth-order valence-corrected chi connectivity index (χ4v) is 3.58. The highest BCUT2D eigenvalue weighted by Crippen LogP contribution is 2.31. The number of aromatic nitrogens is 3. The Balaban J connectivity index is 1.55. The lowest BCUT2D eigenvalue weighted by Crippen LogP contribution is -2.16. The highest BCUT2D eigenvalue weighted by atomic mass is 32.1. The Kier molecular flexibility index (Phi) is 4.06. The van der Waals surface area contributed by atoms with Crippen molar-refractivity contribution in [2.24, 2.45) is 0 Å². The molecule has 0 saturated carbocycles. The molecular formula is C19H14N4O2S. The van der Waals surface area contributed by atoms with Gasteiger partial charge in [0.1, 0.15) is 10.7 Å². The van der Waals surface area contributed by atoms with Crippen LogP contribution in [0.3, 0.4) is 0 Å². The van der Waals surface area contributed by atoms with Crippen molar-refractivity contribution in [1.29, 1.82) is 0 Å². The zero-order chi connectivity index (χ0) is 18.1. The number of benzene rings is 2. The van der Waals surface area contributed by atoms with Crippen molar-refractivity contribution in [3.63, 3.8) is 0 Å². The summed E-state index contributed by atoms with van der Waals surface area (Å²) >= 11 is 1.64. The number of nitrogens with one attached hydrogen (secondary N) is 2. The number of H-pyrrole nitrogens is 1. The molecule has 4 rings (SSSR count). The summed E-state index contributed by atoms with van der Waals surface area (Å²) in [5.41, 5.74) is 3.62. The SMILES string of the molecule is Cc1ccc2nc(-c3ccc(NC(=O)c4c[nH]c(=O)cn4)cc3)sc2c1. The molecule has 4 aromatic rings. The lowest BCUT2D eigenvalue weighted by atomic mass is 10.2. The number of anilines is 1. The van der Waals surface area contributed by atoms with E-state index in [1.807, 2.05) is 30.3 Å². The molecular weight excluding hydrogens is 348 g/mol. The summed E-state index contributed by atoms with van der Waals surface area (Å²) in [4.78, 5) is 34.0. The van der Waals surface area contributed by atoms with Crippen LogP contribution < -0.4 is 10.9 Å². The number of hydrogen-bond acceptors (Lipinski definition) is 5. The van der Waals surface area contributed by atoms with E-state index < -0.39 is 0 Å². The van der Waals surface area contributed by atoms with Crippen molar-refractivity contribution in [3.05, 3.63) is 76.5 Å². The molecule has 0 aliphatic heterocycles. The van der Waals surface area contributed by atoms with Gasteiger partial charge in [0.25, 0.3) is 11.5 Å². The Morgan fingerprint density at radius 1 is 1.15 bits per heavy atom. The second-order valence-electron chi connectivity index (χ2n) is 5.82. The van der Waals surface area contributed by atoms with E-state index in [-0.39, 0.29) is 17.2 Å². The van der Waals surface area contributed by atoms with Gasteiger partial charge in [-0.05, 0) is 48.9 Å². The summed E-state index contributed by atoms with van der Waals surface area (Å²) in [7, 11) is 0. The van der Waals surface area contributed by atoms with Gasteiger partial charge < -0.3 is 10.3 Å². The molecule has 0 saturated heterocycles. The van der Waals surface area contributed by atoms with E-state index >= 15 is 0 Å². The Labute approximate surface area is 152 Å². The molecule has 2 aromatic carbocycles. The largest absolute Gasteiger partial charge is 0.325 e. The van der Waals surface area contributed by atoms with E-state index in [2.05, 4.69) is 39.3 Å². The van der Waals surface area contributed by atoms with Crippen LogP contribution in [0, 0.1) is 6.92 Å². The molecule has 0 radical (unpaired) electrons. The lowest BCUT2D eigenvalue weighted by molar-refractivity contribution is 0.102. The maximum absolute atomic E-state index is 12.1. The highest BCUT2D eigenvalue weighted by molar-refractivity contribution is 7.21. The van der Waals surface area contributed by atoms with Crippen molar-refractivity contribution in [3.8, 4) is 10.6 Å². The summed E-state index contributed by atoms with van der Waals surface area (Å²) in [6.07, 6.45) is 2.36. The van der Waals surface area contributed by atoms with E-state index in [4.69, 9.17) is 0 Å². The van der Waals surface area contributed by atoms with Gasteiger partial charge >= 0.3 is 0 Å². The molecule has 0 aliphatic rings. The van der Waals surface area contributed by atoms with Gasteiger partial charge in [0.2, 0.25) is 0 Å². The molecule has 0 atom stereocenters. The summed E-state index contributed by atoms with van der Waals surface area (Å²) in [5, 5.41) is 3.69. The van der Waals surface area contributed by atoms with Crippen molar-refractivity contribution >= 4 is 33.1 Å². The van der Waals surface area contributed by atoms with Crippen LogP contribution >= 0.6 is 11.3 Å². The third-order valence-corrected chi connectivity index (χ3v) is 4.91. The number of aromatic amines is 1. The van der Waals surface area contributed by atoms with Crippen LogP contribution in [0.25, 0.3) is 20.8 Å². The first kappa shape index (κ1) is 16.2. The smallest absolute Gasteiger partial charge is 0.275 e. The summed E-state index contributed by atoms with van der Waals surface area (Å²) in [5.74, 6) is -0.385. The normalized spacial score (nSPS) is 10.8.